The lowest BCUT2D eigenvalue weighted by atomic mass is 9.86. The minimum absolute atomic E-state index is 0.169. The maximum Gasteiger partial charge on any atom is 0.247 e. The highest BCUT2D eigenvalue weighted by atomic mass is 32.2. The van der Waals surface area contributed by atoms with Crippen molar-refractivity contribution in [3.63, 3.8) is 0 Å². The molecule has 252 valence electrons. The van der Waals surface area contributed by atoms with Crippen molar-refractivity contribution in [3.8, 4) is 11.5 Å². The molecule has 1 aromatic heterocycles. The Morgan fingerprint density at radius 1 is 1.11 bits per heavy atom. The Morgan fingerprint density at radius 2 is 1.89 bits per heavy atom. The van der Waals surface area contributed by atoms with Gasteiger partial charge in [-0.15, -0.1) is 5.10 Å². The minimum Gasteiger partial charge on any atom is -0.494 e. The zero-order valence-corrected chi connectivity index (χ0v) is 28.5. The predicted octanol–water partition coefficient (Wildman–Crippen LogP) is 3.54. The molecule has 6 rings (SSSR count). The van der Waals surface area contributed by atoms with Crippen molar-refractivity contribution in [3.05, 3.63) is 70.8 Å². The van der Waals surface area contributed by atoms with Crippen LogP contribution in [0.2, 0.25) is 0 Å². The summed E-state index contributed by atoms with van der Waals surface area (Å²) >= 11 is 0. The average Bonchev–Trinajstić information content (AvgIpc) is 3.40. The van der Waals surface area contributed by atoms with E-state index in [1.165, 1.54) is 4.31 Å². The molecule has 13 heteroatoms. The van der Waals surface area contributed by atoms with Gasteiger partial charge in [0.05, 0.1) is 13.7 Å². The number of rotatable bonds is 10. The number of anilines is 1. The fourth-order valence-electron chi connectivity index (χ4n) is 6.58. The van der Waals surface area contributed by atoms with Crippen molar-refractivity contribution in [2.75, 3.05) is 51.3 Å². The van der Waals surface area contributed by atoms with Crippen LogP contribution in [-0.2, 0) is 28.4 Å². The van der Waals surface area contributed by atoms with Crippen molar-refractivity contribution < 1.29 is 27.7 Å². The van der Waals surface area contributed by atoms with Crippen molar-refractivity contribution in [1.29, 1.82) is 0 Å². The highest BCUT2D eigenvalue weighted by Gasteiger charge is 2.34. The number of nitrogens with one attached hydrogen (secondary N) is 1. The first kappa shape index (κ1) is 33.2. The van der Waals surface area contributed by atoms with Crippen LogP contribution in [0.25, 0.3) is 11.0 Å². The number of piperazine rings is 1. The lowest BCUT2D eigenvalue weighted by molar-refractivity contribution is -0.100. The maximum atomic E-state index is 14.2. The number of benzene rings is 3. The number of nitrogens with zero attached hydrogens (tertiary/aromatic N) is 5. The molecule has 1 saturated heterocycles. The molecule has 0 bridgehead atoms. The van der Waals surface area contributed by atoms with Crippen LogP contribution in [0.3, 0.4) is 0 Å². The second-order valence-corrected chi connectivity index (χ2v) is 14.2. The summed E-state index contributed by atoms with van der Waals surface area (Å²) in [6.07, 6.45) is -1.08. The van der Waals surface area contributed by atoms with E-state index in [1.54, 1.807) is 17.9 Å². The number of ether oxygens (including phenoxy) is 3. The van der Waals surface area contributed by atoms with Gasteiger partial charge in [0.15, 0.2) is 6.29 Å². The number of aliphatic hydroxyl groups is 1. The summed E-state index contributed by atoms with van der Waals surface area (Å²) in [4.78, 5) is 2.42. The Kier molecular flexibility index (Phi) is 9.72. The number of fused-ring (bicyclic) bond motifs is 2. The summed E-state index contributed by atoms with van der Waals surface area (Å²) in [7, 11) is -0.455. The molecule has 2 unspecified atom stereocenters. The molecule has 2 aliphatic heterocycles. The highest BCUT2D eigenvalue weighted by Crippen LogP contribution is 2.38. The molecule has 12 nitrogen and oxygen atoms in total. The van der Waals surface area contributed by atoms with E-state index >= 15 is 0 Å². The van der Waals surface area contributed by atoms with Gasteiger partial charge in [-0.2, -0.15) is 4.31 Å². The summed E-state index contributed by atoms with van der Waals surface area (Å²) in [6, 6.07) is 15.4. The van der Waals surface area contributed by atoms with E-state index in [1.807, 2.05) is 70.3 Å². The van der Waals surface area contributed by atoms with Gasteiger partial charge in [-0.25, -0.2) is 13.1 Å². The molecule has 0 amide bonds. The molecule has 2 N–H and O–H groups in total. The molecule has 0 saturated carbocycles. The molecule has 3 aromatic carbocycles. The molecule has 1 fully saturated rings. The van der Waals surface area contributed by atoms with Gasteiger partial charge in [0.25, 0.3) is 0 Å². The van der Waals surface area contributed by atoms with Gasteiger partial charge in [0.1, 0.15) is 33.5 Å². The Hall–Kier alpha value is -3.75. The van der Waals surface area contributed by atoms with E-state index in [-0.39, 0.29) is 36.4 Å². The summed E-state index contributed by atoms with van der Waals surface area (Å²) in [5, 5.41) is 22.6. The summed E-state index contributed by atoms with van der Waals surface area (Å²) < 4.78 is 49.0. The number of aliphatic hydroxyl groups excluding tert-OH is 1. The van der Waals surface area contributed by atoms with E-state index in [2.05, 4.69) is 20.5 Å². The van der Waals surface area contributed by atoms with Crippen LogP contribution in [-0.4, -0.2) is 91.7 Å². The number of aromatic nitrogens is 3. The monoisotopic (exact) mass is 664 g/mol. The first-order valence-electron chi connectivity index (χ1n) is 16.1. The maximum absolute atomic E-state index is 14.2. The van der Waals surface area contributed by atoms with E-state index in [0.717, 1.165) is 59.6 Å². The van der Waals surface area contributed by atoms with Crippen molar-refractivity contribution in [1.82, 2.24) is 24.6 Å². The second kappa shape index (κ2) is 13.8. The fraction of sp³-hybridized carbons (Fsp3) is 0.471. The number of sulfonamides is 1. The number of hydrogen-bond acceptors (Lipinski definition) is 10. The zero-order chi connectivity index (χ0) is 33.3. The van der Waals surface area contributed by atoms with Crippen LogP contribution in [0.1, 0.15) is 48.4 Å². The smallest absolute Gasteiger partial charge is 0.247 e. The summed E-state index contributed by atoms with van der Waals surface area (Å²) in [5.74, 6) is 0.708. The van der Waals surface area contributed by atoms with Crippen LogP contribution in [0.15, 0.2) is 53.4 Å². The first-order chi connectivity index (χ1) is 22.6. The fourth-order valence-corrected chi connectivity index (χ4v) is 8.17. The molecule has 0 aliphatic carbocycles. The summed E-state index contributed by atoms with van der Waals surface area (Å²) in [6.45, 7) is 9.93. The van der Waals surface area contributed by atoms with Crippen LogP contribution in [0, 0.1) is 6.92 Å². The quantitative estimate of drug-likeness (QED) is 0.243. The van der Waals surface area contributed by atoms with E-state index in [0.29, 0.717) is 23.6 Å². The molecule has 0 radical (unpaired) electrons. The van der Waals surface area contributed by atoms with Crippen LogP contribution < -0.4 is 19.7 Å². The minimum atomic E-state index is -3.87. The second-order valence-electron chi connectivity index (χ2n) is 12.3. The van der Waals surface area contributed by atoms with E-state index in [9.17, 15) is 13.5 Å². The highest BCUT2D eigenvalue weighted by molar-refractivity contribution is 7.89. The van der Waals surface area contributed by atoms with Crippen molar-refractivity contribution >= 4 is 26.7 Å². The number of aryl methyl sites for hydroxylation is 2. The molecule has 0 spiro atoms. The SMILES string of the molecule is CCOC(O)CC(c1ccc(C)c(CN2C[C@@H](C)Oc3cc(N4CCNCC4)ccc3S2(=O)=O)c1)c1cc(OC)c2c(c1)nnn2C. The van der Waals surface area contributed by atoms with Crippen molar-refractivity contribution in [2.24, 2.45) is 7.05 Å². The Labute approximate surface area is 276 Å². The average molecular weight is 665 g/mol. The lowest BCUT2D eigenvalue weighted by Crippen LogP contribution is -2.43. The van der Waals surface area contributed by atoms with Crippen LogP contribution in [0.4, 0.5) is 5.69 Å². The standard InChI is InChI=1S/C34H44N6O6S/c1-6-45-33(41)19-28(25-16-29-34(31(17-25)44-5)38(4)37-36-29)24-8-7-22(2)26(15-24)21-40-20-23(3)46-30-18-27(39-13-11-35-12-14-39)9-10-32(30)47(40,42)43/h7-10,15-18,23,28,33,35,41H,6,11-14,19-21H2,1-5H3/t23-,28?,33?/m1/s1. The van der Waals surface area contributed by atoms with Crippen LogP contribution >= 0.6 is 0 Å². The topological polar surface area (TPSA) is 131 Å². The molecule has 3 heterocycles. The number of methoxy groups -OCH3 is 1. The summed E-state index contributed by atoms with van der Waals surface area (Å²) in [5.41, 5.74) is 6.02. The Balaban J connectivity index is 1.35. The molecule has 3 atom stereocenters. The Bertz CT molecular complexity index is 1840. The normalized spacial score (nSPS) is 19.5. The largest absolute Gasteiger partial charge is 0.494 e. The molecular weight excluding hydrogens is 620 g/mol. The van der Waals surface area contributed by atoms with Gasteiger partial charge in [-0.1, -0.05) is 23.4 Å². The molecule has 2 aliphatic rings. The Morgan fingerprint density at radius 3 is 2.64 bits per heavy atom. The van der Waals surface area contributed by atoms with E-state index in [4.69, 9.17) is 14.2 Å². The third kappa shape index (κ3) is 6.81. The third-order valence-corrected chi connectivity index (χ3v) is 10.9. The van der Waals surface area contributed by atoms with Gasteiger partial charge in [0, 0.05) is 70.5 Å². The van der Waals surface area contributed by atoms with Crippen molar-refractivity contribution in [2.45, 2.75) is 56.9 Å². The van der Waals surface area contributed by atoms with Gasteiger partial charge in [-0.3, -0.25) is 0 Å². The molecular formula is C34H44N6O6S. The number of hydrogen-bond donors (Lipinski definition) is 2. The lowest BCUT2D eigenvalue weighted by Gasteiger charge is -2.30. The van der Waals surface area contributed by atoms with E-state index < -0.39 is 16.3 Å². The zero-order valence-electron chi connectivity index (χ0n) is 27.6. The van der Waals surface area contributed by atoms with Gasteiger partial charge in [-0.05, 0) is 67.3 Å². The van der Waals surface area contributed by atoms with Gasteiger partial charge < -0.3 is 29.5 Å². The molecule has 47 heavy (non-hydrogen) atoms. The third-order valence-electron chi connectivity index (χ3n) is 9.04. The molecule has 4 aromatic rings. The first-order valence-corrected chi connectivity index (χ1v) is 17.6. The van der Waals surface area contributed by atoms with Crippen LogP contribution in [0.5, 0.6) is 11.5 Å². The van der Waals surface area contributed by atoms with Gasteiger partial charge >= 0.3 is 0 Å². The predicted molar refractivity (Wildman–Crippen MR) is 180 cm³/mol. The van der Waals surface area contributed by atoms with Gasteiger partial charge in [0.2, 0.25) is 10.0 Å².